The molecule has 0 aliphatic heterocycles. The first-order valence-corrected chi connectivity index (χ1v) is 12.1. The summed E-state index contributed by atoms with van der Waals surface area (Å²) in [5.41, 5.74) is 0.358. The van der Waals surface area contributed by atoms with Crippen LogP contribution in [0.5, 0.6) is 0 Å². The summed E-state index contributed by atoms with van der Waals surface area (Å²) >= 11 is 0. The van der Waals surface area contributed by atoms with Crippen molar-refractivity contribution in [2.75, 3.05) is 7.11 Å². The van der Waals surface area contributed by atoms with E-state index in [1.165, 1.54) is 45.6 Å². The lowest BCUT2D eigenvalue weighted by Gasteiger charge is -2.62. The van der Waals surface area contributed by atoms with Gasteiger partial charge in [0.2, 0.25) is 0 Å². The Hall–Kier alpha value is -0.610. The van der Waals surface area contributed by atoms with Crippen molar-refractivity contribution in [2.24, 2.45) is 46.3 Å². The number of esters is 1. The Morgan fingerprint density at radius 1 is 1.07 bits per heavy atom. The van der Waals surface area contributed by atoms with Crippen LogP contribution in [0.4, 0.5) is 0 Å². The lowest BCUT2D eigenvalue weighted by molar-refractivity contribution is -0.182. The first-order chi connectivity index (χ1) is 13.7. The van der Waals surface area contributed by atoms with Crippen LogP contribution >= 0.6 is 0 Å². The van der Waals surface area contributed by atoms with Crippen LogP contribution in [0.25, 0.3) is 0 Å². The molecule has 4 heteroatoms. The molecule has 0 aromatic rings. The summed E-state index contributed by atoms with van der Waals surface area (Å²) in [7, 11) is 1.48. The predicted octanol–water partition coefficient (Wildman–Crippen LogP) is 4.57. The fourth-order valence-electron chi connectivity index (χ4n) is 8.92. The minimum absolute atomic E-state index is 0.0158. The average molecular weight is 407 g/mol. The van der Waals surface area contributed by atoms with E-state index < -0.39 is 0 Å². The SMILES string of the molecule is COC(=O)CC[C@@H](C)[C@H]1CC[C@H]2[C@@H]3CCC4CC(O)CC(O)[C@]4(C)[C@H]3CC[C@]12C. The maximum absolute atomic E-state index is 11.6. The van der Waals surface area contributed by atoms with Crippen LogP contribution in [0.15, 0.2) is 0 Å². The number of rotatable bonds is 4. The molecule has 0 amide bonds. The summed E-state index contributed by atoms with van der Waals surface area (Å²) in [5, 5.41) is 21.3. The Morgan fingerprint density at radius 2 is 1.83 bits per heavy atom. The molecule has 2 N–H and O–H groups in total. The Bertz CT molecular complexity index is 620. The highest BCUT2D eigenvalue weighted by atomic mass is 16.5. The van der Waals surface area contributed by atoms with E-state index in [0.29, 0.717) is 41.9 Å². The first-order valence-electron chi connectivity index (χ1n) is 12.1. The van der Waals surface area contributed by atoms with Gasteiger partial charge in [-0.05, 0) is 104 Å². The highest BCUT2D eigenvalue weighted by Crippen LogP contribution is 2.68. The predicted molar refractivity (Wildman–Crippen MR) is 113 cm³/mol. The highest BCUT2D eigenvalue weighted by Gasteiger charge is 2.62. The van der Waals surface area contributed by atoms with Crippen LogP contribution in [0.3, 0.4) is 0 Å². The normalized spacial score (nSPS) is 50.2. The first kappa shape index (κ1) is 21.6. The molecule has 4 aliphatic rings. The Balaban J connectivity index is 1.51. The zero-order chi connectivity index (χ0) is 21.0. The van der Waals surface area contributed by atoms with E-state index in [0.717, 1.165) is 24.7 Å². The van der Waals surface area contributed by atoms with Crippen LogP contribution in [0, 0.1) is 46.3 Å². The number of carbonyl (C=O) groups excluding carboxylic acids is 1. The highest BCUT2D eigenvalue weighted by molar-refractivity contribution is 5.69. The molecule has 0 saturated heterocycles. The second-order valence-corrected chi connectivity index (χ2v) is 11.5. The molecular weight excluding hydrogens is 364 g/mol. The van der Waals surface area contributed by atoms with Gasteiger partial charge in [0, 0.05) is 6.42 Å². The van der Waals surface area contributed by atoms with E-state index in [4.69, 9.17) is 4.74 Å². The van der Waals surface area contributed by atoms with Crippen molar-refractivity contribution >= 4 is 5.97 Å². The van der Waals surface area contributed by atoms with Gasteiger partial charge in [-0.2, -0.15) is 0 Å². The van der Waals surface area contributed by atoms with E-state index in [1.807, 2.05) is 0 Å². The molecule has 0 aromatic heterocycles. The summed E-state index contributed by atoms with van der Waals surface area (Å²) in [6, 6.07) is 0. The number of hydrogen-bond acceptors (Lipinski definition) is 4. The fraction of sp³-hybridized carbons (Fsp3) is 0.960. The third-order valence-electron chi connectivity index (χ3n) is 10.5. The van der Waals surface area contributed by atoms with Gasteiger partial charge in [0.1, 0.15) is 0 Å². The van der Waals surface area contributed by atoms with E-state index in [1.54, 1.807) is 0 Å². The van der Waals surface area contributed by atoms with Crippen molar-refractivity contribution in [1.29, 1.82) is 0 Å². The molecule has 0 bridgehead atoms. The second kappa shape index (κ2) is 7.82. The van der Waals surface area contributed by atoms with Crippen molar-refractivity contribution in [3.8, 4) is 0 Å². The lowest BCUT2D eigenvalue weighted by Crippen LogP contribution is -2.59. The number of ether oxygens (including phenoxy) is 1. The summed E-state index contributed by atoms with van der Waals surface area (Å²) in [5.74, 6) is 3.72. The molecule has 0 radical (unpaired) electrons. The topological polar surface area (TPSA) is 66.8 Å². The van der Waals surface area contributed by atoms with Crippen molar-refractivity contribution in [3.05, 3.63) is 0 Å². The van der Waals surface area contributed by atoms with Gasteiger partial charge >= 0.3 is 5.97 Å². The molecule has 10 atom stereocenters. The van der Waals surface area contributed by atoms with Gasteiger partial charge in [-0.1, -0.05) is 20.8 Å². The molecular formula is C25H42O4. The third kappa shape index (κ3) is 3.37. The minimum Gasteiger partial charge on any atom is -0.469 e. The van der Waals surface area contributed by atoms with E-state index >= 15 is 0 Å². The van der Waals surface area contributed by atoms with Gasteiger partial charge in [-0.25, -0.2) is 0 Å². The second-order valence-electron chi connectivity index (χ2n) is 11.5. The molecule has 4 saturated carbocycles. The molecule has 4 fully saturated rings. The molecule has 3 unspecified atom stereocenters. The number of hydrogen-bond donors (Lipinski definition) is 2. The Kier molecular flexibility index (Phi) is 5.83. The largest absolute Gasteiger partial charge is 0.469 e. The Labute approximate surface area is 176 Å². The quantitative estimate of drug-likeness (QED) is 0.671. The van der Waals surface area contributed by atoms with Crippen LogP contribution < -0.4 is 0 Å². The zero-order valence-electron chi connectivity index (χ0n) is 18.9. The molecule has 0 aromatic carbocycles. The number of methoxy groups -OCH3 is 1. The summed E-state index contributed by atoms with van der Waals surface area (Å²) in [6.07, 6.45) is 9.75. The molecule has 4 nitrogen and oxygen atoms in total. The van der Waals surface area contributed by atoms with Crippen LogP contribution in [0.2, 0.25) is 0 Å². The molecule has 4 aliphatic carbocycles. The number of aliphatic hydroxyl groups is 2. The molecule has 0 spiro atoms. The monoisotopic (exact) mass is 406 g/mol. The molecule has 166 valence electrons. The standard InChI is InChI=1S/C25H42O4/c1-15(5-10-23(28)29-4)19-8-9-20-18-7-6-16-13-17(26)14-22(27)25(16,3)21(18)11-12-24(19,20)2/h15-22,26-27H,5-14H2,1-4H3/t15-,16?,17?,18+,19-,20+,21+,22?,24-,25+/m1/s1. The minimum atomic E-state index is -0.357. The maximum Gasteiger partial charge on any atom is 0.305 e. The molecule has 29 heavy (non-hydrogen) atoms. The number of fused-ring (bicyclic) bond motifs is 5. The van der Waals surface area contributed by atoms with Crippen molar-refractivity contribution in [3.63, 3.8) is 0 Å². The van der Waals surface area contributed by atoms with Crippen LogP contribution in [-0.2, 0) is 9.53 Å². The van der Waals surface area contributed by atoms with Crippen molar-refractivity contribution in [2.45, 2.75) is 97.2 Å². The number of aliphatic hydroxyl groups excluding tert-OH is 2. The van der Waals surface area contributed by atoms with Gasteiger partial charge in [-0.3, -0.25) is 4.79 Å². The average Bonchev–Trinajstić information content (AvgIpc) is 3.04. The van der Waals surface area contributed by atoms with Crippen LogP contribution in [0.1, 0.15) is 85.0 Å². The smallest absolute Gasteiger partial charge is 0.305 e. The van der Waals surface area contributed by atoms with Gasteiger partial charge in [-0.15, -0.1) is 0 Å². The van der Waals surface area contributed by atoms with E-state index in [-0.39, 0.29) is 23.6 Å². The van der Waals surface area contributed by atoms with Gasteiger partial charge in [0.05, 0.1) is 19.3 Å². The summed E-state index contributed by atoms with van der Waals surface area (Å²) < 4.78 is 4.86. The Morgan fingerprint density at radius 3 is 2.55 bits per heavy atom. The maximum atomic E-state index is 11.6. The van der Waals surface area contributed by atoms with Crippen molar-refractivity contribution < 1.29 is 19.7 Å². The van der Waals surface area contributed by atoms with E-state index in [2.05, 4.69) is 20.8 Å². The van der Waals surface area contributed by atoms with Crippen LogP contribution in [-0.4, -0.2) is 35.5 Å². The van der Waals surface area contributed by atoms with Crippen molar-refractivity contribution in [1.82, 2.24) is 0 Å². The summed E-state index contributed by atoms with van der Waals surface area (Å²) in [6.45, 7) is 7.23. The van der Waals surface area contributed by atoms with Gasteiger partial charge < -0.3 is 14.9 Å². The fourth-order valence-corrected chi connectivity index (χ4v) is 8.92. The molecule has 0 heterocycles. The van der Waals surface area contributed by atoms with E-state index in [9.17, 15) is 15.0 Å². The lowest BCUT2D eigenvalue weighted by atomic mass is 9.43. The molecule has 4 rings (SSSR count). The third-order valence-corrected chi connectivity index (χ3v) is 10.5. The number of carbonyl (C=O) groups is 1. The summed E-state index contributed by atoms with van der Waals surface area (Å²) in [4.78, 5) is 11.6. The zero-order valence-corrected chi connectivity index (χ0v) is 18.9. The van der Waals surface area contributed by atoms with Gasteiger partial charge in [0.15, 0.2) is 0 Å². The van der Waals surface area contributed by atoms with Gasteiger partial charge in [0.25, 0.3) is 0 Å².